The number of hydrogen-bond acceptors (Lipinski definition) is 6. The largest absolute Gasteiger partial charge is 0.453 e. The highest BCUT2D eigenvalue weighted by Crippen LogP contribution is 2.17. The molecule has 0 heterocycles. The molecule has 2 aromatic rings. The van der Waals surface area contributed by atoms with Crippen molar-refractivity contribution in [1.82, 2.24) is 10.6 Å². The highest BCUT2D eigenvalue weighted by molar-refractivity contribution is 7.87. The molecule has 0 aliphatic rings. The van der Waals surface area contributed by atoms with Crippen LogP contribution < -0.4 is 15.4 Å². The number of nitrogens with zero attached hydrogens (tertiary/aromatic N) is 1. The van der Waals surface area contributed by atoms with E-state index in [0.29, 0.717) is 11.4 Å². The van der Waals surface area contributed by atoms with Crippen LogP contribution >= 0.6 is 0 Å². The summed E-state index contributed by atoms with van der Waals surface area (Å²) in [6.07, 6.45) is 3.18. The van der Waals surface area contributed by atoms with Crippen molar-refractivity contribution in [2.75, 3.05) is 11.8 Å². The Balaban J connectivity index is 2.35. The Kier molecular flexibility index (Phi) is 11.6. The van der Waals surface area contributed by atoms with E-state index < -0.39 is 34.4 Å². The minimum absolute atomic E-state index is 0.171. The summed E-state index contributed by atoms with van der Waals surface area (Å²) in [5.74, 6) is -0.466. The normalized spacial score (nSPS) is 13.5. The van der Waals surface area contributed by atoms with Gasteiger partial charge in [-0.1, -0.05) is 67.8 Å². The molecule has 2 atom stereocenters. The van der Waals surface area contributed by atoms with Crippen LogP contribution in [0.2, 0.25) is 0 Å². The van der Waals surface area contributed by atoms with Gasteiger partial charge in [-0.05, 0) is 49.1 Å². The highest BCUT2D eigenvalue weighted by Gasteiger charge is 2.25. The summed E-state index contributed by atoms with van der Waals surface area (Å²) in [6, 6.07) is 13.9. The van der Waals surface area contributed by atoms with Crippen LogP contribution in [0.5, 0.6) is 0 Å². The Morgan fingerprint density at radius 2 is 1.59 bits per heavy atom. The average Bonchev–Trinajstić information content (AvgIpc) is 2.88. The molecule has 2 rings (SSSR count). The second-order valence-electron chi connectivity index (χ2n) is 8.69. The monoisotopic (exact) mass is 554 g/mol. The molecule has 208 valence electrons. The van der Waals surface area contributed by atoms with Gasteiger partial charge in [-0.15, -0.1) is 0 Å². The minimum Gasteiger partial charge on any atom is -0.453 e. The number of nitrogens with one attached hydrogen (secondary N) is 3. The standard InChI is InChI=1S/C28H34N4O6S/c1-6-10-19(2)20(3)29-21(4)25(17-23-13-15-24(16-14-23)32-39(35,36)37)30-27(33)26(31-28(34)38-5)18-22-11-8-7-9-12-22/h6-16,25-26,32H,1,4,17-18H2,2-3,5H3,(H,30,33)(H,31,34)(H,35,36,37)/b19-10+,29-20+. The zero-order valence-electron chi connectivity index (χ0n) is 22.2. The summed E-state index contributed by atoms with van der Waals surface area (Å²) in [6.45, 7) is 11.5. The molecule has 0 saturated carbocycles. The second-order valence-corrected chi connectivity index (χ2v) is 9.85. The number of aliphatic imine (C=N–C) groups is 1. The summed E-state index contributed by atoms with van der Waals surface area (Å²) in [5, 5.41) is 5.52. The van der Waals surface area contributed by atoms with E-state index in [1.807, 2.05) is 48.9 Å². The van der Waals surface area contributed by atoms with E-state index in [9.17, 15) is 18.0 Å². The molecule has 0 aliphatic carbocycles. The third-order valence-corrected chi connectivity index (χ3v) is 6.18. The summed E-state index contributed by atoms with van der Waals surface area (Å²) < 4.78 is 37.9. The van der Waals surface area contributed by atoms with Crippen LogP contribution in [0.15, 0.2) is 96.2 Å². The van der Waals surface area contributed by atoms with Gasteiger partial charge in [0.25, 0.3) is 0 Å². The molecule has 0 spiro atoms. The molecule has 0 fully saturated rings. The van der Waals surface area contributed by atoms with Crippen LogP contribution in [0.4, 0.5) is 10.5 Å². The Labute approximate surface area is 229 Å². The summed E-state index contributed by atoms with van der Waals surface area (Å²) in [5.41, 5.74) is 3.66. The van der Waals surface area contributed by atoms with Crippen LogP contribution in [-0.2, 0) is 32.7 Å². The number of alkyl carbamates (subject to hydrolysis) is 1. The van der Waals surface area contributed by atoms with Crippen molar-refractivity contribution in [3.8, 4) is 0 Å². The number of ether oxygens (including phenoxy) is 1. The van der Waals surface area contributed by atoms with Gasteiger partial charge in [0.1, 0.15) is 6.04 Å². The Morgan fingerprint density at radius 1 is 1.00 bits per heavy atom. The second kappa shape index (κ2) is 14.6. The minimum atomic E-state index is -4.41. The predicted molar refractivity (Wildman–Crippen MR) is 153 cm³/mol. The Hall–Kier alpha value is -4.22. The fourth-order valence-corrected chi connectivity index (χ4v) is 3.99. The van der Waals surface area contributed by atoms with E-state index in [4.69, 9.17) is 9.29 Å². The van der Waals surface area contributed by atoms with Gasteiger partial charge >= 0.3 is 16.4 Å². The summed E-state index contributed by atoms with van der Waals surface area (Å²) >= 11 is 0. The summed E-state index contributed by atoms with van der Waals surface area (Å²) in [4.78, 5) is 30.0. The number of carbonyl (C=O) groups excluding carboxylic acids is 2. The van der Waals surface area contributed by atoms with Crippen LogP contribution in [0.3, 0.4) is 0 Å². The van der Waals surface area contributed by atoms with Gasteiger partial charge in [0.15, 0.2) is 0 Å². The third-order valence-electron chi connectivity index (χ3n) is 5.69. The van der Waals surface area contributed by atoms with Gasteiger partial charge in [-0.2, -0.15) is 8.42 Å². The molecule has 2 amide bonds. The molecular formula is C28H34N4O6S. The van der Waals surface area contributed by atoms with Crippen molar-refractivity contribution in [3.63, 3.8) is 0 Å². The zero-order chi connectivity index (χ0) is 29.0. The number of rotatable bonds is 13. The predicted octanol–water partition coefficient (Wildman–Crippen LogP) is 4.00. The molecule has 0 aromatic heterocycles. The number of methoxy groups -OCH3 is 1. The lowest BCUT2D eigenvalue weighted by atomic mass is 10.0. The Morgan fingerprint density at radius 3 is 2.15 bits per heavy atom. The third kappa shape index (κ3) is 11.0. The first-order valence-corrected chi connectivity index (χ1v) is 13.4. The highest BCUT2D eigenvalue weighted by atomic mass is 32.2. The molecular weight excluding hydrogens is 520 g/mol. The van der Waals surface area contributed by atoms with E-state index in [1.54, 1.807) is 24.3 Å². The maximum absolute atomic E-state index is 13.4. The number of amides is 2. The number of allylic oxidation sites excluding steroid dienone is 3. The number of anilines is 1. The summed E-state index contributed by atoms with van der Waals surface area (Å²) in [7, 11) is -3.20. The van der Waals surface area contributed by atoms with Crippen molar-refractivity contribution in [2.24, 2.45) is 4.99 Å². The fourth-order valence-electron chi connectivity index (χ4n) is 3.56. The van der Waals surface area contributed by atoms with Gasteiger partial charge in [-0.3, -0.25) is 19.1 Å². The fraction of sp³-hybridized carbons (Fsp3) is 0.250. The average molecular weight is 555 g/mol. The van der Waals surface area contributed by atoms with Crippen LogP contribution in [0.1, 0.15) is 25.0 Å². The number of carbonyl (C=O) groups is 2. The molecule has 2 aromatic carbocycles. The molecule has 10 nitrogen and oxygen atoms in total. The van der Waals surface area contributed by atoms with Gasteiger partial charge < -0.3 is 15.4 Å². The van der Waals surface area contributed by atoms with E-state index >= 15 is 0 Å². The topological polar surface area (TPSA) is 146 Å². The smallest absolute Gasteiger partial charge is 0.407 e. The van der Waals surface area contributed by atoms with Crippen LogP contribution in [-0.4, -0.2) is 49.9 Å². The quantitative estimate of drug-likeness (QED) is 0.167. The van der Waals surface area contributed by atoms with E-state index in [-0.39, 0.29) is 18.5 Å². The molecule has 11 heteroatoms. The SMILES string of the molecule is C=C/C=C(C)/C(C)=N/C(=C)C(Cc1ccc(NS(=O)(=O)O)cc1)NC(=O)C(Cc1ccccc1)NC(=O)OC. The first-order chi connectivity index (χ1) is 18.4. The van der Waals surface area contributed by atoms with Crippen LogP contribution in [0.25, 0.3) is 0 Å². The van der Waals surface area contributed by atoms with Gasteiger partial charge in [0, 0.05) is 12.1 Å². The lowest BCUT2D eigenvalue weighted by Gasteiger charge is -2.24. The maximum atomic E-state index is 13.4. The van der Waals surface area contributed by atoms with Crippen molar-refractivity contribution >= 4 is 33.7 Å². The van der Waals surface area contributed by atoms with Crippen molar-refractivity contribution in [1.29, 1.82) is 0 Å². The van der Waals surface area contributed by atoms with E-state index in [1.165, 1.54) is 19.2 Å². The molecule has 0 saturated heterocycles. The molecule has 0 aliphatic heterocycles. The van der Waals surface area contributed by atoms with Crippen molar-refractivity contribution in [3.05, 3.63) is 102 Å². The Bertz CT molecular complexity index is 1340. The molecule has 2 unspecified atom stereocenters. The number of hydrogen-bond donors (Lipinski definition) is 4. The van der Waals surface area contributed by atoms with Crippen molar-refractivity contribution in [2.45, 2.75) is 38.8 Å². The first kappa shape index (κ1) is 31.0. The maximum Gasteiger partial charge on any atom is 0.407 e. The molecule has 39 heavy (non-hydrogen) atoms. The van der Waals surface area contributed by atoms with E-state index in [0.717, 1.165) is 16.7 Å². The molecule has 4 N–H and O–H groups in total. The van der Waals surface area contributed by atoms with Gasteiger partial charge in [-0.25, -0.2) is 4.79 Å². The van der Waals surface area contributed by atoms with E-state index in [2.05, 4.69) is 28.8 Å². The molecule has 0 radical (unpaired) electrons. The van der Waals surface area contributed by atoms with Gasteiger partial charge in [0.2, 0.25) is 5.91 Å². The van der Waals surface area contributed by atoms with Crippen molar-refractivity contribution < 1.29 is 27.3 Å². The number of benzene rings is 2. The lowest BCUT2D eigenvalue weighted by molar-refractivity contribution is -0.123. The zero-order valence-corrected chi connectivity index (χ0v) is 23.0. The van der Waals surface area contributed by atoms with Gasteiger partial charge in [0.05, 0.1) is 24.5 Å². The first-order valence-electron chi connectivity index (χ1n) is 12.0. The lowest BCUT2D eigenvalue weighted by Crippen LogP contribution is -2.51. The van der Waals surface area contributed by atoms with Crippen LogP contribution in [0, 0.1) is 0 Å². The molecule has 0 bridgehead atoms.